The lowest BCUT2D eigenvalue weighted by Gasteiger charge is -2.37. The number of rotatable bonds is 2. The van der Waals surface area contributed by atoms with Gasteiger partial charge < -0.3 is 4.89 Å². The molecular weight excluding hydrogens is 231 g/mol. The second-order valence-electron chi connectivity index (χ2n) is 4.67. The van der Waals surface area contributed by atoms with E-state index in [4.69, 9.17) is 0 Å². The first kappa shape index (κ1) is 12.3. The van der Waals surface area contributed by atoms with Gasteiger partial charge in [0.2, 0.25) is 7.37 Å². The Labute approximate surface area is 102 Å². The molecule has 17 heavy (non-hydrogen) atoms. The third-order valence-corrected chi connectivity index (χ3v) is 6.49. The van der Waals surface area contributed by atoms with Crippen molar-refractivity contribution in [2.24, 2.45) is 5.92 Å². The molecular formula is C14H17O2P. The van der Waals surface area contributed by atoms with E-state index in [1.807, 2.05) is 44.2 Å². The van der Waals surface area contributed by atoms with E-state index in [0.29, 0.717) is 5.30 Å². The van der Waals surface area contributed by atoms with E-state index < -0.39 is 12.5 Å². The minimum atomic E-state index is -3.43. The van der Waals surface area contributed by atoms with Crippen LogP contribution >= 0.6 is 7.37 Å². The van der Waals surface area contributed by atoms with Crippen LogP contribution in [-0.2, 0) is 4.57 Å². The summed E-state index contributed by atoms with van der Waals surface area (Å²) in [6.07, 6.45) is 7.61. The van der Waals surface area contributed by atoms with Gasteiger partial charge in [-0.05, 0) is 25.0 Å². The van der Waals surface area contributed by atoms with Gasteiger partial charge in [0.05, 0.1) is 5.16 Å². The van der Waals surface area contributed by atoms with Crippen LogP contribution in [0.1, 0.15) is 13.8 Å². The van der Waals surface area contributed by atoms with E-state index in [0.717, 1.165) is 0 Å². The van der Waals surface area contributed by atoms with Gasteiger partial charge in [0.15, 0.2) is 0 Å². The first-order chi connectivity index (χ1) is 7.98. The maximum absolute atomic E-state index is 12.8. The average Bonchev–Trinajstić information content (AvgIpc) is 2.34. The summed E-state index contributed by atoms with van der Waals surface area (Å²) in [7, 11) is -3.43. The summed E-state index contributed by atoms with van der Waals surface area (Å²) >= 11 is 0. The quantitative estimate of drug-likeness (QED) is 0.816. The van der Waals surface area contributed by atoms with Gasteiger partial charge in [0, 0.05) is 5.30 Å². The Balaban J connectivity index is 2.49. The van der Waals surface area contributed by atoms with Crippen LogP contribution in [0, 0.1) is 5.92 Å². The molecule has 3 heteroatoms. The zero-order chi connectivity index (χ0) is 12.5. The molecule has 90 valence electrons. The summed E-state index contributed by atoms with van der Waals surface area (Å²) in [4.78, 5) is 10.5. The molecule has 3 unspecified atom stereocenters. The van der Waals surface area contributed by atoms with Crippen LogP contribution in [0.15, 0.2) is 54.6 Å². The maximum Gasteiger partial charge on any atom is 0.239 e. The second-order valence-corrected chi connectivity index (χ2v) is 7.30. The Morgan fingerprint density at radius 3 is 2.47 bits per heavy atom. The molecule has 0 fully saturated rings. The fourth-order valence-corrected chi connectivity index (χ4v) is 4.17. The Bertz CT molecular complexity index is 504. The van der Waals surface area contributed by atoms with Crippen molar-refractivity contribution in [1.82, 2.24) is 0 Å². The third-order valence-electron chi connectivity index (χ3n) is 3.63. The van der Waals surface area contributed by atoms with Crippen LogP contribution < -0.4 is 5.30 Å². The fourth-order valence-electron chi connectivity index (χ4n) is 2.11. The van der Waals surface area contributed by atoms with Gasteiger partial charge in [0.1, 0.15) is 0 Å². The summed E-state index contributed by atoms with van der Waals surface area (Å²) in [6, 6.07) is 8.91. The number of hydrogen-bond donors (Lipinski definition) is 1. The van der Waals surface area contributed by atoms with Gasteiger partial charge >= 0.3 is 0 Å². The van der Waals surface area contributed by atoms with Crippen molar-refractivity contribution in [3.05, 3.63) is 54.6 Å². The lowest BCUT2D eigenvalue weighted by molar-refractivity contribution is 0.433. The molecule has 0 saturated heterocycles. The summed E-state index contributed by atoms with van der Waals surface area (Å²) in [5.41, 5.74) is 0. The molecule has 1 aromatic carbocycles. The van der Waals surface area contributed by atoms with Crippen molar-refractivity contribution in [3.63, 3.8) is 0 Å². The molecule has 1 N–H and O–H groups in total. The van der Waals surface area contributed by atoms with Crippen molar-refractivity contribution in [2.75, 3.05) is 0 Å². The standard InChI is InChI=1S/C14H17O2P/c1-12-8-6-7-11-14(12,2)17(15,16)13-9-4-3-5-10-13/h3-12H,1-2H3,(H,15,16). The topological polar surface area (TPSA) is 37.3 Å². The van der Waals surface area contributed by atoms with Crippen LogP contribution in [0.4, 0.5) is 0 Å². The third kappa shape index (κ3) is 1.92. The molecule has 2 rings (SSSR count). The van der Waals surface area contributed by atoms with E-state index in [9.17, 15) is 9.46 Å². The predicted molar refractivity (Wildman–Crippen MR) is 71.8 cm³/mol. The van der Waals surface area contributed by atoms with Crippen molar-refractivity contribution in [3.8, 4) is 0 Å². The van der Waals surface area contributed by atoms with E-state index in [2.05, 4.69) is 0 Å². The van der Waals surface area contributed by atoms with Gasteiger partial charge in [-0.3, -0.25) is 4.57 Å². The SMILES string of the molecule is CC1C=CC=CC1(C)P(=O)(O)c1ccccc1. The molecule has 1 aliphatic carbocycles. The first-order valence-electron chi connectivity index (χ1n) is 5.73. The van der Waals surface area contributed by atoms with Crippen LogP contribution in [0.2, 0.25) is 0 Å². The molecule has 3 atom stereocenters. The first-order valence-corrected chi connectivity index (χ1v) is 7.39. The summed E-state index contributed by atoms with van der Waals surface area (Å²) in [6.45, 7) is 3.83. The lowest BCUT2D eigenvalue weighted by Crippen LogP contribution is -2.34. The van der Waals surface area contributed by atoms with Crippen LogP contribution in [-0.4, -0.2) is 10.0 Å². The smallest absolute Gasteiger partial charge is 0.239 e. The zero-order valence-electron chi connectivity index (χ0n) is 10.1. The van der Waals surface area contributed by atoms with Gasteiger partial charge in [-0.25, -0.2) is 0 Å². The second kappa shape index (κ2) is 4.29. The maximum atomic E-state index is 12.8. The molecule has 0 saturated carbocycles. The molecule has 0 radical (unpaired) electrons. The van der Waals surface area contributed by atoms with Crippen LogP contribution in [0.3, 0.4) is 0 Å². The molecule has 0 bridgehead atoms. The lowest BCUT2D eigenvalue weighted by atomic mass is 9.91. The van der Waals surface area contributed by atoms with Gasteiger partial charge in [-0.2, -0.15) is 0 Å². The van der Waals surface area contributed by atoms with Crippen molar-refractivity contribution < 1.29 is 9.46 Å². The highest BCUT2D eigenvalue weighted by atomic mass is 31.2. The van der Waals surface area contributed by atoms with Crippen molar-refractivity contribution in [2.45, 2.75) is 19.0 Å². The zero-order valence-corrected chi connectivity index (χ0v) is 11.0. The van der Waals surface area contributed by atoms with Gasteiger partial charge in [0.25, 0.3) is 0 Å². The van der Waals surface area contributed by atoms with Gasteiger partial charge in [-0.15, -0.1) is 0 Å². The minimum Gasteiger partial charge on any atom is -0.340 e. The Hall–Kier alpha value is -1.11. The monoisotopic (exact) mass is 248 g/mol. The normalized spacial score (nSPS) is 31.1. The Kier molecular flexibility index (Phi) is 3.11. The molecule has 0 heterocycles. The fraction of sp³-hybridized carbons (Fsp3) is 0.286. The molecule has 0 aliphatic heterocycles. The summed E-state index contributed by atoms with van der Waals surface area (Å²) in [5, 5.41) is -0.197. The Morgan fingerprint density at radius 2 is 1.88 bits per heavy atom. The summed E-state index contributed by atoms with van der Waals surface area (Å²) in [5.74, 6) is 0.0449. The average molecular weight is 248 g/mol. The molecule has 2 nitrogen and oxygen atoms in total. The van der Waals surface area contributed by atoms with Crippen molar-refractivity contribution in [1.29, 1.82) is 0 Å². The number of allylic oxidation sites excluding steroid dienone is 4. The van der Waals surface area contributed by atoms with Crippen molar-refractivity contribution >= 4 is 12.7 Å². The summed E-state index contributed by atoms with van der Waals surface area (Å²) < 4.78 is 12.8. The molecule has 0 amide bonds. The highest BCUT2D eigenvalue weighted by Gasteiger charge is 2.46. The van der Waals surface area contributed by atoms with E-state index in [1.54, 1.807) is 24.3 Å². The van der Waals surface area contributed by atoms with E-state index in [1.165, 1.54) is 0 Å². The highest BCUT2D eigenvalue weighted by molar-refractivity contribution is 7.67. The van der Waals surface area contributed by atoms with Crippen LogP contribution in [0.25, 0.3) is 0 Å². The molecule has 1 aliphatic rings. The Morgan fingerprint density at radius 1 is 1.24 bits per heavy atom. The minimum absolute atomic E-state index is 0.0449. The largest absolute Gasteiger partial charge is 0.340 e. The number of hydrogen-bond acceptors (Lipinski definition) is 1. The number of benzene rings is 1. The molecule has 0 spiro atoms. The molecule has 1 aromatic rings. The van der Waals surface area contributed by atoms with Gasteiger partial charge in [-0.1, -0.05) is 49.4 Å². The van der Waals surface area contributed by atoms with E-state index >= 15 is 0 Å². The van der Waals surface area contributed by atoms with E-state index in [-0.39, 0.29) is 5.92 Å². The molecule has 0 aromatic heterocycles. The predicted octanol–water partition coefficient (Wildman–Crippen LogP) is 3.10. The van der Waals surface area contributed by atoms with Crippen LogP contribution in [0.5, 0.6) is 0 Å². The highest BCUT2D eigenvalue weighted by Crippen LogP contribution is 2.58.